The number of rotatable bonds is 7. The second-order valence-electron chi connectivity index (χ2n) is 5.85. The van der Waals surface area contributed by atoms with Gasteiger partial charge in [-0.15, -0.1) is 11.3 Å². The third-order valence-electron chi connectivity index (χ3n) is 4.20. The van der Waals surface area contributed by atoms with Gasteiger partial charge in [0.2, 0.25) is 5.91 Å². The second-order valence-corrected chi connectivity index (χ2v) is 6.83. The fraction of sp³-hybridized carbons (Fsp3) is 0.368. The van der Waals surface area contributed by atoms with Crippen LogP contribution in [-0.2, 0) is 11.3 Å². The standard InChI is InChI=1S/C19H25N3O2S/c1-4-22(14-16-9-6-5-7-10-16)18(23)13-20-19(24)21(3)15(2)17-11-8-12-25-17/h5-12,15H,4,13-14H2,1-3H3,(H,20,24). The Kier molecular flexibility index (Phi) is 7.01. The van der Waals surface area contributed by atoms with Crippen LogP contribution in [0.5, 0.6) is 0 Å². The summed E-state index contributed by atoms with van der Waals surface area (Å²) in [6.45, 7) is 5.06. The summed E-state index contributed by atoms with van der Waals surface area (Å²) in [5.74, 6) is -0.0862. The van der Waals surface area contributed by atoms with E-state index >= 15 is 0 Å². The van der Waals surface area contributed by atoms with Gasteiger partial charge in [0.25, 0.3) is 0 Å². The number of carbonyl (C=O) groups excluding carboxylic acids is 2. The van der Waals surface area contributed by atoms with E-state index in [1.807, 2.05) is 61.7 Å². The van der Waals surface area contributed by atoms with Gasteiger partial charge in [0, 0.05) is 25.0 Å². The van der Waals surface area contributed by atoms with Crippen molar-refractivity contribution in [3.63, 3.8) is 0 Å². The Bertz CT molecular complexity index is 673. The van der Waals surface area contributed by atoms with Crippen LogP contribution in [0.2, 0.25) is 0 Å². The number of thiophene rings is 1. The van der Waals surface area contributed by atoms with Gasteiger partial charge in [-0.1, -0.05) is 36.4 Å². The fourth-order valence-electron chi connectivity index (χ4n) is 2.46. The van der Waals surface area contributed by atoms with Crippen molar-refractivity contribution in [2.75, 3.05) is 20.1 Å². The van der Waals surface area contributed by atoms with Crippen LogP contribution in [0.15, 0.2) is 47.8 Å². The average molecular weight is 359 g/mol. The van der Waals surface area contributed by atoms with Crippen molar-refractivity contribution in [3.05, 3.63) is 58.3 Å². The van der Waals surface area contributed by atoms with Crippen molar-refractivity contribution in [3.8, 4) is 0 Å². The zero-order valence-electron chi connectivity index (χ0n) is 14.9. The predicted octanol–water partition coefficient (Wildman–Crippen LogP) is 3.50. The maximum atomic E-state index is 12.4. The summed E-state index contributed by atoms with van der Waals surface area (Å²) in [5, 5.41) is 4.72. The maximum Gasteiger partial charge on any atom is 0.318 e. The number of benzene rings is 1. The molecule has 0 fully saturated rings. The Balaban J connectivity index is 1.86. The Morgan fingerprint density at radius 1 is 1.16 bits per heavy atom. The van der Waals surface area contributed by atoms with Gasteiger partial charge >= 0.3 is 6.03 Å². The van der Waals surface area contributed by atoms with Gasteiger partial charge in [-0.25, -0.2) is 4.79 Å². The van der Waals surface area contributed by atoms with Crippen LogP contribution in [0, 0.1) is 0 Å². The molecule has 0 aliphatic heterocycles. The molecule has 1 unspecified atom stereocenters. The molecule has 0 saturated heterocycles. The van der Waals surface area contributed by atoms with E-state index in [0.717, 1.165) is 10.4 Å². The first kappa shape index (κ1) is 19.0. The molecule has 25 heavy (non-hydrogen) atoms. The molecule has 1 aromatic heterocycles. The summed E-state index contributed by atoms with van der Waals surface area (Å²) >= 11 is 1.61. The molecule has 0 spiro atoms. The molecule has 0 saturated carbocycles. The zero-order valence-corrected chi connectivity index (χ0v) is 15.8. The molecule has 0 radical (unpaired) electrons. The van der Waals surface area contributed by atoms with Gasteiger partial charge in [-0.2, -0.15) is 0 Å². The van der Waals surface area contributed by atoms with Crippen molar-refractivity contribution >= 4 is 23.3 Å². The molecule has 5 nitrogen and oxygen atoms in total. The predicted molar refractivity (Wildman–Crippen MR) is 101 cm³/mol. The molecule has 0 aliphatic carbocycles. The van der Waals surface area contributed by atoms with Gasteiger partial charge < -0.3 is 15.1 Å². The van der Waals surface area contributed by atoms with E-state index in [2.05, 4.69) is 5.32 Å². The van der Waals surface area contributed by atoms with Gasteiger partial charge in [0.15, 0.2) is 0 Å². The van der Waals surface area contributed by atoms with Crippen LogP contribution >= 0.6 is 11.3 Å². The number of carbonyl (C=O) groups is 2. The van der Waals surface area contributed by atoms with E-state index in [4.69, 9.17) is 0 Å². The lowest BCUT2D eigenvalue weighted by atomic mass is 10.2. The molecule has 1 N–H and O–H groups in total. The number of amides is 3. The highest BCUT2D eigenvalue weighted by molar-refractivity contribution is 7.10. The Morgan fingerprint density at radius 2 is 1.88 bits per heavy atom. The van der Waals surface area contributed by atoms with E-state index in [1.165, 1.54) is 0 Å². The fourth-order valence-corrected chi connectivity index (χ4v) is 3.29. The van der Waals surface area contributed by atoms with Crippen LogP contribution in [0.3, 0.4) is 0 Å². The molecular weight excluding hydrogens is 334 g/mol. The van der Waals surface area contributed by atoms with Gasteiger partial charge in [0.05, 0.1) is 12.6 Å². The monoisotopic (exact) mass is 359 g/mol. The minimum absolute atomic E-state index is 0.000999. The zero-order chi connectivity index (χ0) is 18.2. The summed E-state index contributed by atoms with van der Waals surface area (Å²) in [6.07, 6.45) is 0. The van der Waals surface area contributed by atoms with Gasteiger partial charge in [0.1, 0.15) is 0 Å². The summed E-state index contributed by atoms with van der Waals surface area (Å²) in [5.41, 5.74) is 1.08. The third-order valence-corrected chi connectivity index (χ3v) is 5.24. The Hall–Kier alpha value is -2.34. The molecule has 0 bridgehead atoms. The molecule has 2 aromatic rings. The van der Waals surface area contributed by atoms with E-state index < -0.39 is 0 Å². The molecule has 6 heteroatoms. The van der Waals surface area contributed by atoms with Crippen molar-refractivity contribution in [2.45, 2.75) is 26.4 Å². The molecule has 1 atom stereocenters. The molecule has 134 valence electrons. The quantitative estimate of drug-likeness (QED) is 0.823. The largest absolute Gasteiger partial charge is 0.337 e. The minimum Gasteiger partial charge on any atom is -0.337 e. The lowest BCUT2D eigenvalue weighted by Crippen LogP contribution is -2.44. The van der Waals surface area contributed by atoms with E-state index in [0.29, 0.717) is 13.1 Å². The number of hydrogen-bond acceptors (Lipinski definition) is 3. The van der Waals surface area contributed by atoms with Crippen molar-refractivity contribution in [1.29, 1.82) is 0 Å². The number of urea groups is 1. The summed E-state index contributed by atoms with van der Waals surface area (Å²) in [7, 11) is 1.74. The first-order valence-electron chi connectivity index (χ1n) is 8.38. The number of likely N-dealkylation sites (N-methyl/N-ethyl adjacent to an activating group) is 1. The highest BCUT2D eigenvalue weighted by Crippen LogP contribution is 2.23. The van der Waals surface area contributed by atoms with E-state index in [-0.39, 0.29) is 24.5 Å². The molecule has 0 aliphatic rings. The smallest absolute Gasteiger partial charge is 0.318 e. The van der Waals surface area contributed by atoms with Crippen molar-refractivity contribution < 1.29 is 9.59 Å². The number of nitrogens with one attached hydrogen (secondary N) is 1. The first-order valence-corrected chi connectivity index (χ1v) is 9.26. The number of nitrogens with zero attached hydrogens (tertiary/aromatic N) is 2. The maximum absolute atomic E-state index is 12.4. The Morgan fingerprint density at radius 3 is 2.48 bits per heavy atom. The molecule has 3 amide bonds. The molecule has 1 aromatic carbocycles. The van der Waals surface area contributed by atoms with E-state index in [9.17, 15) is 9.59 Å². The SMILES string of the molecule is CCN(Cc1ccccc1)C(=O)CNC(=O)N(C)C(C)c1cccs1. The number of hydrogen-bond donors (Lipinski definition) is 1. The van der Waals surface area contributed by atoms with Crippen LogP contribution in [-0.4, -0.2) is 41.9 Å². The van der Waals surface area contributed by atoms with Crippen molar-refractivity contribution in [1.82, 2.24) is 15.1 Å². The van der Waals surface area contributed by atoms with Crippen LogP contribution in [0.1, 0.15) is 30.3 Å². The normalized spacial score (nSPS) is 11.6. The first-order chi connectivity index (χ1) is 12.0. The minimum atomic E-state index is -0.245. The van der Waals surface area contributed by atoms with Gasteiger partial charge in [-0.05, 0) is 30.9 Å². The summed E-state index contributed by atoms with van der Waals surface area (Å²) in [6, 6.07) is 13.5. The van der Waals surface area contributed by atoms with Crippen molar-refractivity contribution in [2.24, 2.45) is 0 Å². The molecular formula is C19H25N3O2S. The highest BCUT2D eigenvalue weighted by Gasteiger charge is 2.19. The van der Waals surface area contributed by atoms with Crippen LogP contribution < -0.4 is 5.32 Å². The Labute approximate surface area is 153 Å². The topological polar surface area (TPSA) is 52.7 Å². The summed E-state index contributed by atoms with van der Waals surface area (Å²) < 4.78 is 0. The highest BCUT2D eigenvalue weighted by atomic mass is 32.1. The molecule has 2 rings (SSSR count). The second kappa shape index (κ2) is 9.22. The van der Waals surface area contributed by atoms with E-state index in [1.54, 1.807) is 28.2 Å². The molecule has 1 heterocycles. The summed E-state index contributed by atoms with van der Waals surface area (Å²) in [4.78, 5) is 29.2. The van der Waals surface area contributed by atoms with Crippen LogP contribution in [0.4, 0.5) is 4.79 Å². The van der Waals surface area contributed by atoms with Crippen LogP contribution in [0.25, 0.3) is 0 Å². The third kappa shape index (κ3) is 5.32. The average Bonchev–Trinajstić information content (AvgIpc) is 3.18. The lowest BCUT2D eigenvalue weighted by Gasteiger charge is -2.26. The lowest BCUT2D eigenvalue weighted by molar-refractivity contribution is -0.130. The van der Waals surface area contributed by atoms with Gasteiger partial charge in [-0.3, -0.25) is 4.79 Å².